The summed E-state index contributed by atoms with van der Waals surface area (Å²) in [5, 5.41) is 10.2. The van der Waals surface area contributed by atoms with E-state index in [1.165, 1.54) is 0 Å². The number of rotatable bonds is 4. The molecule has 0 aliphatic carbocycles. The van der Waals surface area contributed by atoms with Crippen LogP contribution in [-0.2, 0) is 4.74 Å². The number of aliphatic hydroxyl groups is 1. The van der Waals surface area contributed by atoms with Crippen molar-refractivity contribution in [3.63, 3.8) is 0 Å². The first-order valence-electron chi connectivity index (χ1n) is 5.91. The van der Waals surface area contributed by atoms with Gasteiger partial charge in [-0.05, 0) is 72.0 Å². The van der Waals surface area contributed by atoms with E-state index in [1.54, 1.807) is 0 Å². The fraction of sp³-hybridized carbons (Fsp3) is 0.538. The molecule has 4 heteroatoms. The molecule has 17 heavy (non-hydrogen) atoms. The Kier molecular flexibility index (Phi) is 5.26. The van der Waals surface area contributed by atoms with E-state index in [1.807, 2.05) is 18.2 Å². The second-order valence-corrected chi connectivity index (χ2v) is 6.47. The summed E-state index contributed by atoms with van der Waals surface area (Å²) in [6.07, 6.45) is 4.00. The first kappa shape index (κ1) is 13.8. The van der Waals surface area contributed by atoms with Gasteiger partial charge in [0.2, 0.25) is 0 Å². The van der Waals surface area contributed by atoms with E-state index >= 15 is 0 Å². The molecule has 1 fully saturated rings. The molecule has 94 valence electrons. The van der Waals surface area contributed by atoms with Gasteiger partial charge in [-0.15, -0.1) is 0 Å². The minimum atomic E-state index is -0.386. The van der Waals surface area contributed by atoms with Gasteiger partial charge in [0, 0.05) is 14.6 Å². The molecule has 1 N–H and O–H groups in total. The van der Waals surface area contributed by atoms with Crippen molar-refractivity contribution in [1.29, 1.82) is 0 Å². The number of aliphatic hydroxyl groups excluding tert-OH is 1. The van der Waals surface area contributed by atoms with Crippen LogP contribution in [0.1, 0.15) is 37.4 Å². The maximum absolute atomic E-state index is 10.2. The van der Waals surface area contributed by atoms with Gasteiger partial charge in [-0.25, -0.2) is 0 Å². The predicted octanol–water partition coefficient (Wildman–Crippen LogP) is 4.05. The molecule has 0 amide bonds. The molecule has 0 radical (unpaired) electrons. The Bertz CT molecular complexity index is 378. The topological polar surface area (TPSA) is 29.5 Å². The summed E-state index contributed by atoms with van der Waals surface area (Å²) in [6.45, 7) is 0.884. The molecular formula is C13H16BrIO2. The SMILES string of the molecule is OC(CCC1CCCO1)c1cc(Br)ccc1I. The van der Waals surface area contributed by atoms with Crippen LogP contribution in [0, 0.1) is 3.57 Å². The Balaban J connectivity index is 1.93. The van der Waals surface area contributed by atoms with Gasteiger partial charge in [-0.2, -0.15) is 0 Å². The summed E-state index contributed by atoms with van der Waals surface area (Å²) in [5.74, 6) is 0. The second-order valence-electron chi connectivity index (χ2n) is 4.39. The molecule has 0 saturated carbocycles. The van der Waals surface area contributed by atoms with Gasteiger partial charge in [0.05, 0.1) is 12.2 Å². The molecule has 0 bridgehead atoms. The van der Waals surface area contributed by atoms with Crippen molar-refractivity contribution in [3.8, 4) is 0 Å². The molecule has 1 aliphatic rings. The maximum Gasteiger partial charge on any atom is 0.0801 e. The smallest absolute Gasteiger partial charge is 0.0801 e. The van der Waals surface area contributed by atoms with Crippen LogP contribution in [0.5, 0.6) is 0 Å². The van der Waals surface area contributed by atoms with Crippen molar-refractivity contribution in [2.24, 2.45) is 0 Å². The van der Waals surface area contributed by atoms with Gasteiger partial charge in [-0.3, -0.25) is 0 Å². The first-order valence-corrected chi connectivity index (χ1v) is 7.78. The first-order chi connectivity index (χ1) is 8.16. The highest BCUT2D eigenvalue weighted by molar-refractivity contribution is 14.1. The van der Waals surface area contributed by atoms with E-state index in [9.17, 15) is 5.11 Å². The lowest BCUT2D eigenvalue weighted by Gasteiger charge is -2.15. The van der Waals surface area contributed by atoms with E-state index in [0.717, 1.165) is 45.9 Å². The number of hydrogen-bond donors (Lipinski definition) is 1. The molecular weight excluding hydrogens is 395 g/mol. The number of ether oxygens (including phenoxy) is 1. The monoisotopic (exact) mass is 410 g/mol. The summed E-state index contributed by atoms with van der Waals surface area (Å²) in [5.41, 5.74) is 1.01. The van der Waals surface area contributed by atoms with E-state index in [-0.39, 0.29) is 6.10 Å². The van der Waals surface area contributed by atoms with Gasteiger partial charge in [0.25, 0.3) is 0 Å². The quantitative estimate of drug-likeness (QED) is 0.759. The summed E-state index contributed by atoms with van der Waals surface area (Å²) < 4.78 is 7.70. The average molecular weight is 411 g/mol. The molecule has 1 saturated heterocycles. The van der Waals surface area contributed by atoms with Crippen molar-refractivity contribution in [1.82, 2.24) is 0 Å². The van der Waals surface area contributed by atoms with Gasteiger partial charge >= 0.3 is 0 Å². The molecule has 2 atom stereocenters. The van der Waals surface area contributed by atoms with E-state index in [0.29, 0.717) is 6.10 Å². The minimum Gasteiger partial charge on any atom is -0.388 e. The van der Waals surface area contributed by atoms with E-state index in [4.69, 9.17) is 4.74 Å². The van der Waals surface area contributed by atoms with Crippen LogP contribution in [0.2, 0.25) is 0 Å². The molecule has 2 unspecified atom stereocenters. The number of hydrogen-bond acceptors (Lipinski definition) is 2. The van der Waals surface area contributed by atoms with Crippen molar-refractivity contribution in [2.75, 3.05) is 6.61 Å². The van der Waals surface area contributed by atoms with Crippen molar-refractivity contribution in [2.45, 2.75) is 37.9 Å². The third-order valence-electron chi connectivity index (χ3n) is 3.10. The van der Waals surface area contributed by atoms with E-state index < -0.39 is 0 Å². The van der Waals surface area contributed by atoms with Crippen LogP contribution >= 0.6 is 38.5 Å². The lowest BCUT2D eigenvalue weighted by Crippen LogP contribution is -2.08. The van der Waals surface area contributed by atoms with Crippen molar-refractivity contribution >= 4 is 38.5 Å². The highest BCUT2D eigenvalue weighted by Gasteiger charge is 2.18. The van der Waals surface area contributed by atoms with Crippen LogP contribution in [0.3, 0.4) is 0 Å². The molecule has 0 spiro atoms. The Hall–Kier alpha value is 0.350. The van der Waals surface area contributed by atoms with Crippen molar-refractivity contribution in [3.05, 3.63) is 31.8 Å². The highest BCUT2D eigenvalue weighted by Crippen LogP contribution is 2.28. The predicted molar refractivity (Wildman–Crippen MR) is 80.0 cm³/mol. The largest absolute Gasteiger partial charge is 0.388 e. The fourth-order valence-corrected chi connectivity index (χ4v) is 3.21. The van der Waals surface area contributed by atoms with Gasteiger partial charge in [0.1, 0.15) is 0 Å². The Morgan fingerprint density at radius 3 is 3.06 bits per heavy atom. The molecule has 2 rings (SSSR count). The number of benzene rings is 1. The van der Waals surface area contributed by atoms with Gasteiger partial charge in [0.15, 0.2) is 0 Å². The fourth-order valence-electron chi connectivity index (χ4n) is 2.14. The van der Waals surface area contributed by atoms with Crippen molar-refractivity contribution < 1.29 is 9.84 Å². The van der Waals surface area contributed by atoms with Crippen LogP contribution in [0.4, 0.5) is 0 Å². The molecule has 1 aliphatic heterocycles. The average Bonchev–Trinajstić information content (AvgIpc) is 2.82. The standard InChI is InChI=1S/C13H16BrIO2/c14-9-3-5-12(15)11(8-9)13(16)6-4-10-2-1-7-17-10/h3,5,8,10,13,16H,1-2,4,6-7H2. The van der Waals surface area contributed by atoms with Gasteiger partial charge in [-0.1, -0.05) is 15.9 Å². The second kappa shape index (κ2) is 6.50. The van der Waals surface area contributed by atoms with Gasteiger partial charge < -0.3 is 9.84 Å². The lowest BCUT2D eigenvalue weighted by molar-refractivity contribution is 0.0810. The summed E-state index contributed by atoms with van der Waals surface area (Å²) in [4.78, 5) is 0. The molecule has 0 aromatic heterocycles. The van der Waals surface area contributed by atoms with Crippen LogP contribution < -0.4 is 0 Å². The third kappa shape index (κ3) is 3.91. The van der Waals surface area contributed by atoms with Crippen LogP contribution in [-0.4, -0.2) is 17.8 Å². The molecule has 1 aromatic rings. The minimum absolute atomic E-state index is 0.356. The summed E-state index contributed by atoms with van der Waals surface area (Å²) in [6, 6.07) is 6.02. The normalized spacial score (nSPS) is 21.7. The molecule has 1 aromatic carbocycles. The Morgan fingerprint density at radius 2 is 2.35 bits per heavy atom. The third-order valence-corrected chi connectivity index (χ3v) is 4.58. The molecule has 1 heterocycles. The summed E-state index contributed by atoms with van der Waals surface area (Å²) in [7, 11) is 0. The number of halogens is 2. The van der Waals surface area contributed by atoms with Crippen LogP contribution in [0.15, 0.2) is 22.7 Å². The maximum atomic E-state index is 10.2. The Labute approximate surface area is 124 Å². The zero-order valence-corrected chi connectivity index (χ0v) is 13.3. The Morgan fingerprint density at radius 1 is 1.53 bits per heavy atom. The lowest BCUT2D eigenvalue weighted by atomic mass is 10.0. The highest BCUT2D eigenvalue weighted by atomic mass is 127. The molecule has 2 nitrogen and oxygen atoms in total. The van der Waals surface area contributed by atoms with Crippen LogP contribution in [0.25, 0.3) is 0 Å². The summed E-state index contributed by atoms with van der Waals surface area (Å²) >= 11 is 5.71. The zero-order chi connectivity index (χ0) is 12.3. The zero-order valence-electron chi connectivity index (χ0n) is 9.53. The van der Waals surface area contributed by atoms with E-state index in [2.05, 4.69) is 38.5 Å².